The monoisotopic (exact) mass is 384 g/mol. The van der Waals surface area contributed by atoms with E-state index >= 15 is 0 Å². The minimum absolute atomic E-state index is 0.249. The fourth-order valence-corrected chi connectivity index (χ4v) is 3.32. The van der Waals surface area contributed by atoms with Crippen LogP contribution in [0.3, 0.4) is 0 Å². The summed E-state index contributed by atoms with van der Waals surface area (Å²) < 4.78 is 5.66. The molecule has 1 heterocycles. The first-order valence-corrected chi connectivity index (χ1v) is 9.43. The molecule has 4 rings (SSSR count). The molecule has 0 aromatic heterocycles. The Hall–Kier alpha value is -3.86. The molecular formula is C24H20N2O3. The molecule has 1 aliphatic rings. The summed E-state index contributed by atoms with van der Waals surface area (Å²) in [7, 11) is 0. The quantitative estimate of drug-likeness (QED) is 0.637. The van der Waals surface area contributed by atoms with Crippen molar-refractivity contribution in [3.8, 4) is 5.75 Å². The Kier molecular flexibility index (Phi) is 5.12. The normalized spacial score (nSPS) is 13.8. The lowest BCUT2D eigenvalue weighted by atomic mass is 10.0. The molecular weight excluding hydrogens is 364 g/mol. The summed E-state index contributed by atoms with van der Waals surface area (Å²) in [6.07, 6.45) is 0. The number of carbonyl (C=O) groups is 2. The number of nitrogens with zero attached hydrogens (tertiary/aromatic N) is 1. The number of para-hydroxylation sites is 3. The maximum Gasteiger partial charge on any atom is 0.282 e. The highest BCUT2D eigenvalue weighted by Gasteiger charge is 2.41. The zero-order chi connectivity index (χ0) is 20.2. The molecule has 0 atom stereocenters. The zero-order valence-corrected chi connectivity index (χ0v) is 16.0. The predicted octanol–water partition coefficient (Wildman–Crippen LogP) is 4.48. The number of nitrogens with one attached hydrogen (secondary N) is 1. The van der Waals surface area contributed by atoms with Crippen LogP contribution in [0.4, 0.5) is 11.4 Å². The minimum atomic E-state index is -0.412. The molecule has 3 aromatic carbocycles. The third kappa shape index (κ3) is 3.50. The van der Waals surface area contributed by atoms with E-state index in [1.165, 1.54) is 4.90 Å². The lowest BCUT2D eigenvalue weighted by Crippen LogP contribution is -2.32. The highest BCUT2D eigenvalue weighted by molar-refractivity contribution is 6.46. The molecule has 0 bridgehead atoms. The van der Waals surface area contributed by atoms with Gasteiger partial charge >= 0.3 is 0 Å². The molecule has 0 radical (unpaired) electrons. The van der Waals surface area contributed by atoms with Crippen LogP contribution >= 0.6 is 0 Å². The molecule has 0 saturated carbocycles. The highest BCUT2D eigenvalue weighted by Crippen LogP contribution is 2.37. The van der Waals surface area contributed by atoms with Crippen LogP contribution in [0, 0.1) is 0 Å². The molecule has 1 N–H and O–H groups in total. The fourth-order valence-electron chi connectivity index (χ4n) is 3.32. The summed E-state index contributed by atoms with van der Waals surface area (Å²) in [5.41, 5.74) is 2.43. The standard InChI is InChI=1S/C24H20N2O3/c1-2-29-20-16-10-9-15-19(20)26-23(27)21(17-11-5-3-6-12-17)22(24(26)28)25-18-13-7-4-8-14-18/h3-16,25H,2H2,1H3. The number of hydrogen-bond donors (Lipinski definition) is 1. The van der Waals surface area contributed by atoms with Gasteiger partial charge < -0.3 is 10.1 Å². The third-order valence-corrected chi connectivity index (χ3v) is 4.60. The van der Waals surface area contributed by atoms with E-state index < -0.39 is 5.91 Å². The summed E-state index contributed by atoms with van der Waals surface area (Å²) in [5, 5.41) is 3.15. The Bertz CT molecular complexity index is 1080. The van der Waals surface area contributed by atoms with E-state index in [1.807, 2.05) is 73.7 Å². The molecule has 5 nitrogen and oxygen atoms in total. The highest BCUT2D eigenvalue weighted by atomic mass is 16.5. The third-order valence-electron chi connectivity index (χ3n) is 4.60. The smallest absolute Gasteiger partial charge is 0.282 e. The van der Waals surface area contributed by atoms with Gasteiger partial charge in [-0.05, 0) is 36.8 Å². The number of ether oxygens (including phenoxy) is 1. The summed E-state index contributed by atoms with van der Waals surface area (Å²) in [6.45, 7) is 2.29. The van der Waals surface area contributed by atoms with Crippen molar-refractivity contribution in [1.29, 1.82) is 0 Å². The van der Waals surface area contributed by atoms with Gasteiger partial charge in [-0.1, -0.05) is 60.7 Å². The zero-order valence-electron chi connectivity index (χ0n) is 16.0. The maximum absolute atomic E-state index is 13.4. The topological polar surface area (TPSA) is 58.6 Å². The van der Waals surface area contributed by atoms with Crippen LogP contribution in [0.5, 0.6) is 5.75 Å². The lowest BCUT2D eigenvalue weighted by Gasteiger charge is -2.19. The molecule has 0 saturated heterocycles. The average molecular weight is 384 g/mol. The maximum atomic E-state index is 13.4. The minimum Gasteiger partial charge on any atom is -0.492 e. The van der Waals surface area contributed by atoms with Crippen molar-refractivity contribution < 1.29 is 14.3 Å². The number of carbonyl (C=O) groups excluding carboxylic acids is 2. The number of rotatable bonds is 6. The van der Waals surface area contributed by atoms with Crippen LogP contribution in [0.25, 0.3) is 5.57 Å². The van der Waals surface area contributed by atoms with Crippen LogP contribution in [-0.2, 0) is 9.59 Å². The van der Waals surface area contributed by atoms with Crippen LogP contribution in [-0.4, -0.2) is 18.4 Å². The molecule has 144 valence electrons. The van der Waals surface area contributed by atoms with Crippen LogP contribution in [0.1, 0.15) is 12.5 Å². The number of imide groups is 1. The SMILES string of the molecule is CCOc1ccccc1N1C(=O)C(Nc2ccccc2)=C(c2ccccc2)C1=O. The number of benzene rings is 3. The van der Waals surface area contributed by atoms with Gasteiger partial charge in [-0.15, -0.1) is 0 Å². The van der Waals surface area contributed by atoms with Gasteiger partial charge in [0.1, 0.15) is 11.4 Å². The molecule has 29 heavy (non-hydrogen) atoms. The first-order chi connectivity index (χ1) is 14.2. The van der Waals surface area contributed by atoms with Gasteiger partial charge in [-0.3, -0.25) is 9.59 Å². The fraction of sp³-hybridized carbons (Fsp3) is 0.0833. The summed E-state index contributed by atoms with van der Waals surface area (Å²) in [4.78, 5) is 28.0. The van der Waals surface area contributed by atoms with Gasteiger partial charge in [0.05, 0.1) is 17.9 Å². The largest absolute Gasteiger partial charge is 0.492 e. The molecule has 0 spiro atoms. The number of amides is 2. The lowest BCUT2D eigenvalue weighted by molar-refractivity contribution is -0.120. The van der Waals surface area contributed by atoms with Crippen molar-refractivity contribution in [3.05, 3.63) is 96.2 Å². The summed E-state index contributed by atoms with van der Waals surface area (Å²) >= 11 is 0. The van der Waals surface area contributed by atoms with E-state index in [1.54, 1.807) is 18.2 Å². The Balaban J connectivity index is 1.82. The average Bonchev–Trinajstić information content (AvgIpc) is 3.00. The van der Waals surface area contributed by atoms with E-state index in [-0.39, 0.29) is 11.6 Å². The Morgan fingerprint density at radius 1 is 0.793 bits per heavy atom. The number of anilines is 2. The summed E-state index contributed by atoms with van der Waals surface area (Å²) in [6, 6.07) is 25.6. The van der Waals surface area contributed by atoms with Crippen molar-refractivity contribution in [2.75, 3.05) is 16.8 Å². The van der Waals surface area contributed by atoms with Gasteiger partial charge in [0.15, 0.2) is 0 Å². The second-order valence-electron chi connectivity index (χ2n) is 6.45. The van der Waals surface area contributed by atoms with Crippen molar-refractivity contribution in [1.82, 2.24) is 0 Å². The first kappa shape index (κ1) is 18.5. The molecule has 1 aliphatic heterocycles. The Labute approximate surface area is 169 Å². The van der Waals surface area contributed by atoms with Crippen molar-refractivity contribution in [3.63, 3.8) is 0 Å². The second-order valence-corrected chi connectivity index (χ2v) is 6.45. The van der Waals surface area contributed by atoms with E-state index in [2.05, 4.69) is 5.32 Å². The Morgan fingerprint density at radius 3 is 2.10 bits per heavy atom. The van der Waals surface area contributed by atoms with Crippen molar-refractivity contribution in [2.45, 2.75) is 6.92 Å². The van der Waals surface area contributed by atoms with E-state index in [0.717, 1.165) is 5.69 Å². The first-order valence-electron chi connectivity index (χ1n) is 9.43. The molecule has 0 aliphatic carbocycles. The molecule has 0 unspecified atom stereocenters. The number of hydrogen-bond acceptors (Lipinski definition) is 4. The van der Waals surface area contributed by atoms with E-state index in [4.69, 9.17) is 4.74 Å². The van der Waals surface area contributed by atoms with E-state index in [0.29, 0.717) is 29.2 Å². The van der Waals surface area contributed by atoms with Crippen molar-refractivity contribution >= 4 is 28.8 Å². The molecule has 3 aromatic rings. The van der Waals surface area contributed by atoms with Gasteiger partial charge in [-0.2, -0.15) is 0 Å². The second kappa shape index (κ2) is 8.02. The molecule has 5 heteroatoms. The van der Waals surface area contributed by atoms with Crippen LogP contribution in [0.15, 0.2) is 90.6 Å². The molecule has 0 fully saturated rings. The van der Waals surface area contributed by atoms with Gasteiger partial charge in [0, 0.05) is 5.69 Å². The van der Waals surface area contributed by atoms with Gasteiger partial charge in [0.2, 0.25) is 0 Å². The van der Waals surface area contributed by atoms with Gasteiger partial charge in [-0.25, -0.2) is 4.90 Å². The predicted molar refractivity (Wildman–Crippen MR) is 114 cm³/mol. The van der Waals surface area contributed by atoms with Crippen LogP contribution < -0.4 is 15.0 Å². The molecule has 2 amide bonds. The van der Waals surface area contributed by atoms with E-state index in [9.17, 15) is 9.59 Å². The summed E-state index contributed by atoms with van der Waals surface area (Å²) in [5.74, 6) is -0.304. The van der Waals surface area contributed by atoms with Gasteiger partial charge in [0.25, 0.3) is 11.8 Å². The Morgan fingerprint density at radius 2 is 1.41 bits per heavy atom. The van der Waals surface area contributed by atoms with Crippen molar-refractivity contribution in [2.24, 2.45) is 0 Å². The van der Waals surface area contributed by atoms with Crippen LogP contribution in [0.2, 0.25) is 0 Å².